The lowest BCUT2D eigenvalue weighted by Gasteiger charge is -2.16. The lowest BCUT2D eigenvalue weighted by Crippen LogP contribution is -2.28. The molecule has 0 radical (unpaired) electrons. The smallest absolute Gasteiger partial charge is 0.166 e. The average molecular weight is 307 g/mol. The van der Waals surface area contributed by atoms with E-state index in [1.54, 1.807) is 11.8 Å². The first kappa shape index (κ1) is 16.2. The van der Waals surface area contributed by atoms with Gasteiger partial charge in [0.25, 0.3) is 0 Å². The molecule has 2 atom stereocenters. The van der Waals surface area contributed by atoms with Crippen molar-refractivity contribution < 1.29 is 4.74 Å². The number of imidazole rings is 1. The Hall–Kier alpha value is -1.20. The minimum atomic E-state index is 0.519. The van der Waals surface area contributed by atoms with Gasteiger partial charge in [0.05, 0.1) is 17.6 Å². The quantitative estimate of drug-likeness (QED) is 0.728. The van der Waals surface area contributed by atoms with E-state index in [-0.39, 0.29) is 0 Å². The van der Waals surface area contributed by atoms with Crippen molar-refractivity contribution in [2.75, 3.05) is 13.2 Å². The van der Waals surface area contributed by atoms with E-state index < -0.39 is 0 Å². The highest BCUT2D eigenvalue weighted by Crippen LogP contribution is 2.27. The Morgan fingerprint density at radius 3 is 2.86 bits per heavy atom. The minimum Gasteiger partial charge on any atom is -0.494 e. The van der Waals surface area contributed by atoms with Crippen LogP contribution in [-0.4, -0.2) is 34.4 Å². The van der Waals surface area contributed by atoms with E-state index >= 15 is 0 Å². The molecule has 1 heterocycles. The predicted octanol–water partition coefficient (Wildman–Crippen LogP) is 3.83. The van der Waals surface area contributed by atoms with Gasteiger partial charge in [0.1, 0.15) is 5.75 Å². The Morgan fingerprint density at radius 2 is 2.14 bits per heavy atom. The number of benzene rings is 1. The van der Waals surface area contributed by atoms with Crippen molar-refractivity contribution in [3.05, 3.63) is 18.2 Å². The molecule has 2 aromatic rings. The molecular formula is C16H25N3OS. The van der Waals surface area contributed by atoms with Crippen molar-refractivity contribution in [1.29, 1.82) is 0 Å². The maximum atomic E-state index is 5.52. The molecule has 0 fully saturated rings. The number of rotatable bonds is 8. The summed E-state index contributed by atoms with van der Waals surface area (Å²) in [5.41, 5.74) is 2.03. The summed E-state index contributed by atoms with van der Waals surface area (Å²) >= 11 is 1.80. The van der Waals surface area contributed by atoms with E-state index in [0.29, 0.717) is 17.9 Å². The van der Waals surface area contributed by atoms with E-state index in [1.807, 2.05) is 25.1 Å². The van der Waals surface area contributed by atoms with E-state index in [0.717, 1.165) is 34.9 Å². The molecule has 2 rings (SSSR count). The summed E-state index contributed by atoms with van der Waals surface area (Å²) in [6, 6.07) is 6.53. The third-order valence-electron chi connectivity index (χ3n) is 3.29. The first-order valence-corrected chi connectivity index (χ1v) is 8.53. The Labute approximate surface area is 131 Å². The molecule has 0 aliphatic heterocycles. The molecule has 1 aromatic carbocycles. The van der Waals surface area contributed by atoms with Crippen molar-refractivity contribution in [3.8, 4) is 5.75 Å². The molecule has 1 aromatic heterocycles. The van der Waals surface area contributed by atoms with Crippen LogP contribution in [0.25, 0.3) is 11.0 Å². The summed E-state index contributed by atoms with van der Waals surface area (Å²) in [7, 11) is 0. The molecule has 116 valence electrons. The van der Waals surface area contributed by atoms with Gasteiger partial charge < -0.3 is 15.0 Å². The van der Waals surface area contributed by atoms with Crippen LogP contribution in [0.3, 0.4) is 0 Å². The molecule has 5 heteroatoms. The van der Waals surface area contributed by atoms with Crippen LogP contribution in [0, 0.1) is 0 Å². The number of hydrogen-bond acceptors (Lipinski definition) is 4. The number of thioether (sulfide) groups is 1. The van der Waals surface area contributed by atoms with Crippen molar-refractivity contribution in [3.63, 3.8) is 0 Å². The van der Waals surface area contributed by atoms with Gasteiger partial charge in [-0.05, 0) is 38.9 Å². The molecule has 2 N–H and O–H groups in total. The number of aromatic nitrogens is 2. The topological polar surface area (TPSA) is 49.9 Å². The number of aromatic amines is 1. The first-order chi connectivity index (χ1) is 10.1. The highest BCUT2D eigenvalue weighted by atomic mass is 32.2. The Kier molecular flexibility index (Phi) is 5.94. The standard InChI is InChI=1S/C16H25N3OS/c1-5-17-11(3)9-12(4)21-16-18-14-8-7-13(20-6-2)10-15(14)19-16/h7-8,10-12,17H,5-6,9H2,1-4H3,(H,18,19). The van der Waals surface area contributed by atoms with Crippen molar-refractivity contribution in [2.45, 2.75) is 50.6 Å². The third kappa shape index (κ3) is 4.64. The highest BCUT2D eigenvalue weighted by molar-refractivity contribution is 7.99. The second-order valence-corrected chi connectivity index (χ2v) is 6.70. The number of H-pyrrole nitrogens is 1. The van der Waals surface area contributed by atoms with Crippen LogP contribution in [-0.2, 0) is 0 Å². The number of nitrogens with one attached hydrogen (secondary N) is 2. The van der Waals surface area contributed by atoms with Crippen molar-refractivity contribution in [1.82, 2.24) is 15.3 Å². The van der Waals surface area contributed by atoms with Crippen LogP contribution in [0.1, 0.15) is 34.1 Å². The molecule has 4 nitrogen and oxygen atoms in total. The number of nitrogens with zero attached hydrogens (tertiary/aromatic N) is 1. The van der Waals surface area contributed by atoms with Gasteiger partial charge in [0.2, 0.25) is 0 Å². The van der Waals surface area contributed by atoms with Crippen LogP contribution in [0.5, 0.6) is 5.75 Å². The van der Waals surface area contributed by atoms with Gasteiger partial charge in [-0.25, -0.2) is 4.98 Å². The zero-order valence-corrected chi connectivity index (χ0v) is 14.1. The highest BCUT2D eigenvalue weighted by Gasteiger charge is 2.12. The fourth-order valence-corrected chi connectivity index (χ4v) is 3.53. The summed E-state index contributed by atoms with van der Waals surface area (Å²) in [4.78, 5) is 8.02. The largest absolute Gasteiger partial charge is 0.494 e. The number of hydrogen-bond donors (Lipinski definition) is 2. The minimum absolute atomic E-state index is 0.519. The summed E-state index contributed by atoms with van der Waals surface area (Å²) in [5, 5.41) is 4.95. The van der Waals surface area contributed by atoms with E-state index in [2.05, 4.69) is 36.1 Å². The van der Waals surface area contributed by atoms with Gasteiger partial charge in [0, 0.05) is 17.4 Å². The summed E-state index contributed by atoms with van der Waals surface area (Å²) in [6.07, 6.45) is 1.12. The molecule has 0 saturated heterocycles. The van der Waals surface area contributed by atoms with Crippen LogP contribution in [0.4, 0.5) is 0 Å². The molecule has 0 amide bonds. The van der Waals surface area contributed by atoms with E-state index in [4.69, 9.17) is 4.74 Å². The molecule has 0 aliphatic rings. The normalized spacial score (nSPS) is 14.3. The second-order valence-electron chi connectivity index (χ2n) is 5.28. The van der Waals surface area contributed by atoms with Gasteiger partial charge in [-0.2, -0.15) is 0 Å². The zero-order valence-electron chi connectivity index (χ0n) is 13.3. The molecule has 2 unspecified atom stereocenters. The van der Waals surface area contributed by atoms with Crippen LogP contribution < -0.4 is 10.1 Å². The summed E-state index contributed by atoms with van der Waals surface area (Å²) in [5.74, 6) is 0.888. The third-order valence-corrected chi connectivity index (χ3v) is 4.30. The first-order valence-electron chi connectivity index (χ1n) is 7.65. The van der Waals surface area contributed by atoms with Crippen LogP contribution in [0.15, 0.2) is 23.4 Å². The fraction of sp³-hybridized carbons (Fsp3) is 0.562. The van der Waals surface area contributed by atoms with Crippen LogP contribution >= 0.6 is 11.8 Å². The van der Waals surface area contributed by atoms with Crippen LogP contribution in [0.2, 0.25) is 0 Å². The van der Waals surface area contributed by atoms with Gasteiger partial charge >= 0.3 is 0 Å². The predicted molar refractivity (Wildman–Crippen MR) is 90.3 cm³/mol. The number of fused-ring (bicyclic) bond motifs is 1. The molecule has 0 bridgehead atoms. The molecule has 0 spiro atoms. The second kappa shape index (κ2) is 7.71. The van der Waals surface area contributed by atoms with Gasteiger partial charge in [-0.3, -0.25) is 0 Å². The summed E-state index contributed by atoms with van der Waals surface area (Å²) < 4.78 is 5.52. The van der Waals surface area contributed by atoms with E-state index in [9.17, 15) is 0 Å². The maximum Gasteiger partial charge on any atom is 0.166 e. The lowest BCUT2D eigenvalue weighted by molar-refractivity contribution is 0.340. The average Bonchev–Trinajstić information content (AvgIpc) is 2.80. The zero-order chi connectivity index (χ0) is 15.2. The Bertz CT molecular complexity index is 570. The van der Waals surface area contributed by atoms with Gasteiger partial charge in [0.15, 0.2) is 5.16 Å². The lowest BCUT2D eigenvalue weighted by atomic mass is 10.2. The monoisotopic (exact) mass is 307 g/mol. The number of ether oxygens (including phenoxy) is 1. The van der Waals surface area contributed by atoms with E-state index in [1.165, 1.54) is 0 Å². The summed E-state index contributed by atoms with van der Waals surface area (Å²) in [6.45, 7) is 10.3. The Balaban J connectivity index is 2.01. The van der Waals surface area contributed by atoms with Crippen molar-refractivity contribution >= 4 is 22.8 Å². The SMILES string of the molecule is CCNC(C)CC(C)Sc1nc2ccc(OCC)cc2[nH]1. The van der Waals surface area contributed by atoms with Gasteiger partial charge in [-0.1, -0.05) is 25.6 Å². The fourth-order valence-electron chi connectivity index (χ4n) is 2.45. The van der Waals surface area contributed by atoms with Crippen molar-refractivity contribution in [2.24, 2.45) is 0 Å². The molecular weight excluding hydrogens is 282 g/mol. The Morgan fingerprint density at radius 1 is 1.33 bits per heavy atom. The molecule has 0 aliphatic carbocycles. The van der Waals surface area contributed by atoms with Gasteiger partial charge in [-0.15, -0.1) is 0 Å². The maximum absolute atomic E-state index is 5.52. The molecule has 0 saturated carbocycles. The molecule has 21 heavy (non-hydrogen) atoms.